The Morgan fingerprint density at radius 1 is 1.19 bits per heavy atom. The van der Waals surface area contributed by atoms with Crippen LogP contribution in [0.3, 0.4) is 0 Å². The number of amides is 3. The van der Waals surface area contributed by atoms with Crippen LogP contribution in [-0.4, -0.2) is 42.6 Å². The highest BCUT2D eigenvalue weighted by Gasteiger charge is 2.22. The molecule has 2 N–H and O–H groups in total. The quantitative estimate of drug-likeness (QED) is 0.758. The zero-order chi connectivity index (χ0) is 19.8. The third kappa shape index (κ3) is 7.13. The van der Waals surface area contributed by atoms with Gasteiger partial charge in [0.05, 0.1) is 6.04 Å². The number of carbonyl (C=O) groups excluding carboxylic acids is 2. The van der Waals surface area contributed by atoms with Crippen molar-refractivity contribution in [2.75, 3.05) is 7.05 Å². The predicted molar refractivity (Wildman–Crippen MR) is 97.6 cm³/mol. The van der Waals surface area contributed by atoms with Gasteiger partial charge in [-0.3, -0.25) is 15.0 Å². The van der Waals surface area contributed by atoms with Crippen LogP contribution in [0.4, 0.5) is 13.6 Å². The molecule has 150 valence electrons. The fourth-order valence-corrected chi connectivity index (χ4v) is 3.09. The van der Waals surface area contributed by atoms with Gasteiger partial charge in [0.2, 0.25) is 5.91 Å². The molecule has 3 amide bonds. The Morgan fingerprint density at radius 2 is 1.81 bits per heavy atom. The van der Waals surface area contributed by atoms with Crippen LogP contribution in [-0.2, 0) is 11.3 Å². The lowest BCUT2D eigenvalue weighted by atomic mass is 9.96. The molecule has 1 fully saturated rings. The summed E-state index contributed by atoms with van der Waals surface area (Å²) in [6, 6.07) is 5.38. The predicted octanol–water partition coefficient (Wildman–Crippen LogP) is 3.27. The first-order valence-corrected chi connectivity index (χ1v) is 9.20. The second-order valence-corrected chi connectivity index (χ2v) is 6.91. The first kappa shape index (κ1) is 21.1. The van der Waals surface area contributed by atoms with Gasteiger partial charge in [-0.05, 0) is 44.5 Å². The second-order valence-electron chi connectivity index (χ2n) is 6.91. The maximum atomic E-state index is 12.3. The van der Waals surface area contributed by atoms with E-state index >= 15 is 0 Å². The van der Waals surface area contributed by atoms with Gasteiger partial charge >= 0.3 is 12.6 Å². The topological polar surface area (TPSA) is 70.7 Å². The average Bonchev–Trinajstić information content (AvgIpc) is 2.63. The molecule has 0 radical (unpaired) electrons. The summed E-state index contributed by atoms with van der Waals surface area (Å²) in [5, 5.41) is 5.24. The van der Waals surface area contributed by atoms with E-state index in [4.69, 9.17) is 0 Å². The number of carbonyl (C=O) groups is 2. The van der Waals surface area contributed by atoms with Gasteiger partial charge in [-0.25, -0.2) is 4.79 Å². The molecule has 27 heavy (non-hydrogen) atoms. The van der Waals surface area contributed by atoms with Crippen LogP contribution in [0.1, 0.15) is 44.6 Å². The lowest BCUT2D eigenvalue weighted by molar-refractivity contribution is -0.124. The fourth-order valence-electron chi connectivity index (χ4n) is 3.09. The molecule has 1 aromatic carbocycles. The van der Waals surface area contributed by atoms with Crippen LogP contribution < -0.4 is 15.4 Å². The molecule has 1 aromatic rings. The number of halogens is 2. The van der Waals surface area contributed by atoms with Gasteiger partial charge in [-0.15, -0.1) is 0 Å². The molecule has 1 saturated carbocycles. The monoisotopic (exact) mass is 383 g/mol. The summed E-state index contributed by atoms with van der Waals surface area (Å²) in [5.41, 5.74) is 0.838. The minimum atomic E-state index is -2.86. The highest BCUT2D eigenvalue weighted by Crippen LogP contribution is 2.18. The molecule has 8 heteroatoms. The molecule has 6 nitrogen and oxygen atoms in total. The van der Waals surface area contributed by atoms with Crippen LogP contribution >= 0.6 is 0 Å². The summed E-state index contributed by atoms with van der Waals surface area (Å²) in [6.07, 6.45) is 5.28. The van der Waals surface area contributed by atoms with Gasteiger partial charge in [-0.2, -0.15) is 8.78 Å². The van der Waals surface area contributed by atoms with Crippen molar-refractivity contribution in [3.8, 4) is 5.75 Å². The van der Waals surface area contributed by atoms with Crippen LogP contribution in [0.2, 0.25) is 0 Å². The number of nitrogens with zero attached hydrogens (tertiary/aromatic N) is 1. The third-order valence-electron chi connectivity index (χ3n) is 4.80. The maximum absolute atomic E-state index is 12.3. The van der Waals surface area contributed by atoms with Crippen molar-refractivity contribution in [1.82, 2.24) is 15.5 Å². The normalized spacial score (nSPS) is 16.2. The summed E-state index contributed by atoms with van der Waals surface area (Å²) in [7, 11) is 1.76. The van der Waals surface area contributed by atoms with Gasteiger partial charge in [-0.1, -0.05) is 31.4 Å². The molecule has 1 atom stereocenters. The van der Waals surface area contributed by atoms with E-state index in [-0.39, 0.29) is 17.7 Å². The molecule has 0 aliphatic heterocycles. The Balaban J connectivity index is 1.79. The molecule has 1 aliphatic rings. The number of urea groups is 1. The van der Waals surface area contributed by atoms with Crippen molar-refractivity contribution in [3.05, 3.63) is 29.8 Å². The van der Waals surface area contributed by atoms with Gasteiger partial charge in [0.25, 0.3) is 0 Å². The first-order chi connectivity index (χ1) is 12.8. The van der Waals surface area contributed by atoms with Crippen molar-refractivity contribution in [3.63, 3.8) is 0 Å². The van der Waals surface area contributed by atoms with Crippen molar-refractivity contribution >= 4 is 11.9 Å². The van der Waals surface area contributed by atoms with E-state index in [0.29, 0.717) is 6.54 Å². The summed E-state index contributed by atoms with van der Waals surface area (Å²) in [5.74, 6) is -0.301. The summed E-state index contributed by atoms with van der Waals surface area (Å²) in [6.45, 7) is -0.729. The lowest BCUT2D eigenvalue weighted by Crippen LogP contribution is -2.50. The highest BCUT2D eigenvalue weighted by molar-refractivity contribution is 5.96. The highest BCUT2D eigenvalue weighted by atomic mass is 19.3. The van der Waals surface area contributed by atoms with Crippen molar-refractivity contribution in [2.45, 2.75) is 64.3 Å². The number of ether oxygens (including phenoxy) is 1. The largest absolute Gasteiger partial charge is 0.435 e. The van der Waals surface area contributed by atoms with E-state index in [1.54, 1.807) is 31.0 Å². The summed E-state index contributed by atoms with van der Waals surface area (Å²) in [4.78, 5) is 26.1. The van der Waals surface area contributed by atoms with E-state index in [1.807, 2.05) is 0 Å². The smallest absolute Gasteiger partial charge is 0.387 e. The lowest BCUT2D eigenvalue weighted by Gasteiger charge is -2.25. The molecule has 0 saturated heterocycles. The van der Waals surface area contributed by atoms with Gasteiger partial charge in [0.1, 0.15) is 5.75 Å². The molecule has 2 rings (SSSR count). The number of alkyl halides is 2. The Labute approximate surface area is 158 Å². The van der Waals surface area contributed by atoms with Crippen molar-refractivity contribution in [2.24, 2.45) is 0 Å². The van der Waals surface area contributed by atoms with Crippen LogP contribution in [0.25, 0.3) is 0 Å². The molecule has 0 aromatic heterocycles. The molecular weight excluding hydrogens is 356 g/mol. The minimum Gasteiger partial charge on any atom is -0.435 e. The van der Waals surface area contributed by atoms with Gasteiger partial charge in [0.15, 0.2) is 0 Å². The van der Waals surface area contributed by atoms with Gasteiger partial charge < -0.3 is 10.1 Å². The van der Waals surface area contributed by atoms with E-state index in [2.05, 4.69) is 15.4 Å². The second kappa shape index (κ2) is 10.2. The SMILES string of the molecule is CC(C(=O)NC(=O)NC1CCCCC1)N(C)Cc1ccc(OC(F)F)cc1. The summed E-state index contributed by atoms with van der Waals surface area (Å²) >= 11 is 0. The zero-order valence-corrected chi connectivity index (χ0v) is 15.7. The maximum Gasteiger partial charge on any atom is 0.387 e. The molecule has 0 bridgehead atoms. The van der Waals surface area contributed by atoms with E-state index in [0.717, 1.165) is 31.2 Å². The number of nitrogens with one attached hydrogen (secondary N) is 2. The van der Waals surface area contributed by atoms with E-state index in [1.165, 1.54) is 18.6 Å². The average molecular weight is 383 g/mol. The number of benzene rings is 1. The molecule has 1 aliphatic carbocycles. The fraction of sp³-hybridized carbons (Fsp3) is 0.579. The summed E-state index contributed by atoms with van der Waals surface area (Å²) < 4.78 is 28.7. The minimum absolute atomic E-state index is 0.0848. The molecular formula is C19H27F2N3O3. The molecule has 1 unspecified atom stereocenters. The van der Waals surface area contributed by atoms with Crippen molar-refractivity contribution < 1.29 is 23.1 Å². The van der Waals surface area contributed by atoms with E-state index in [9.17, 15) is 18.4 Å². The number of rotatable bonds is 7. The van der Waals surface area contributed by atoms with Crippen LogP contribution in [0.5, 0.6) is 5.75 Å². The Bertz CT molecular complexity index is 619. The Hall–Kier alpha value is -2.22. The first-order valence-electron chi connectivity index (χ1n) is 9.20. The molecule has 0 heterocycles. The van der Waals surface area contributed by atoms with Gasteiger partial charge in [0, 0.05) is 12.6 Å². The zero-order valence-electron chi connectivity index (χ0n) is 15.7. The van der Waals surface area contributed by atoms with Crippen molar-refractivity contribution in [1.29, 1.82) is 0 Å². The number of likely N-dealkylation sites (N-methyl/N-ethyl adjacent to an activating group) is 1. The Morgan fingerprint density at radius 3 is 2.41 bits per heavy atom. The van der Waals surface area contributed by atoms with Crippen LogP contribution in [0, 0.1) is 0 Å². The molecule has 0 spiro atoms. The van der Waals surface area contributed by atoms with E-state index < -0.39 is 18.7 Å². The van der Waals surface area contributed by atoms with Crippen LogP contribution in [0.15, 0.2) is 24.3 Å². The third-order valence-corrected chi connectivity index (χ3v) is 4.80. The number of hydrogen-bond donors (Lipinski definition) is 2. The number of imide groups is 1. The Kier molecular flexibility index (Phi) is 7.97. The number of hydrogen-bond acceptors (Lipinski definition) is 4. The standard InChI is InChI=1S/C19H27F2N3O3/c1-13(17(25)23-19(26)22-15-6-4-3-5-7-15)24(2)12-14-8-10-16(11-9-14)27-18(20)21/h8-11,13,15,18H,3-7,12H2,1-2H3,(H2,22,23,25,26).